The molecule has 1 amide bonds. The average Bonchev–Trinajstić information content (AvgIpc) is 2.82. The Balaban J connectivity index is 1.74. The molecule has 2 aliphatic rings. The van der Waals surface area contributed by atoms with Gasteiger partial charge < -0.3 is 25.2 Å². The Hall–Kier alpha value is -1.18. The number of ether oxygens (including phenoxy) is 1. The second-order valence-corrected chi connectivity index (χ2v) is 5.36. The van der Waals surface area contributed by atoms with Crippen LogP contribution in [0.2, 0.25) is 0 Å². The van der Waals surface area contributed by atoms with Gasteiger partial charge in [0.15, 0.2) is 0 Å². The summed E-state index contributed by atoms with van der Waals surface area (Å²) in [6, 6.07) is -0.906. The van der Waals surface area contributed by atoms with Gasteiger partial charge in [0, 0.05) is 13.0 Å². The summed E-state index contributed by atoms with van der Waals surface area (Å²) in [6.07, 6.45) is 1.59. The van der Waals surface area contributed by atoms with Crippen molar-refractivity contribution in [2.75, 3.05) is 26.2 Å². The van der Waals surface area contributed by atoms with Gasteiger partial charge in [-0.25, -0.2) is 4.79 Å². The van der Waals surface area contributed by atoms with E-state index in [9.17, 15) is 14.7 Å². The molecule has 0 spiro atoms. The number of nitrogens with zero attached hydrogens (tertiary/aromatic N) is 1. The fraction of sp³-hybridized carbons (Fsp3) is 0.846. The lowest BCUT2D eigenvalue weighted by Crippen LogP contribution is -2.41. The van der Waals surface area contributed by atoms with Crippen LogP contribution < -0.4 is 5.32 Å². The topological polar surface area (TPSA) is 99.1 Å². The Morgan fingerprint density at radius 3 is 2.65 bits per heavy atom. The number of nitrogens with one attached hydrogen (secondary N) is 1. The van der Waals surface area contributed by atoms with Gasteiger partial charge >= 0.3 is 5.97 Å². The second-order valence-electron chi connectivity index (χ2n) is 5.36. The van der Waals surface area contributed by atoms with Crippen molar-refractivity contribution in [2.24, 2.45) is 0 Å². The summed E-state index contributed by atoms with van der Waals surface area (Å²) < 4.78 is 5.64. The zero-order valence-corrected chi connectivity index (χ0v) is 11.5. The van der Waals surface area contributed by atoms with Crippen molar-refractivity contribution < 1.29 is 24.5 Å². The third-order valence-corrected chi connectivity index (χ3v) is 3.84. The van der Waals surface area contributed by atoms with Gasteiger partial charge in [-0.3, -0.25) is 4.79 Å². The number of hydrogen-bond donors (Lipinski definition) is 3. The van der Waals surface area contributed by atoms with Crippen molar-refractivity contribution >= 4 is 11.9 Å². The highest BCUT2D eigenvalue weighted by atomic mass is 16.5. The van der Waals surface area contributed by atoms with Crippen LogP contribution in [-0.2, 0) is 14.3 Å². The molecule has 2 saturated heterocycles. The first-order valence-corrected chi connectivity index (χ1v) is 7.10. The lowest BCUT2D eigenvalue weighted by atomic mass is 10.1. The van der Waals surface area contributed by atoms with Gasteiger partial charge in [-0.15, -0.1) is 0 Å². The third-order valence-electron chi connectivity index (χ3n) is 3.84. The maximum Gasteiger partial charge on any atom is 0.326 e. The van der Waals surface area contributed by atoms with Gasteiger partial charge in [0.05, 0.1) is 25.2 Å². The Kier molecular flexibility index (Phi) is 5.33. The number of likely N-dealkylation sites (tertiary alicyclic amines) is 1. The van der Waals surface area contributed by atoms with Crippen LogP contribution in [-0.4, -0.2) is 71.5 Å². The molecule has 2 aliphatic heterocycles. The number of carboxylic acids is 1. The van der Waals surface area contributed by atoms with E-state index >= 15 is 0 Å². The molecule has 0 aromatic rings. The Morgan fingerprint density at radius 2 is 2.00 bits per heavy atom. The van der Waals surface area contributed by atoms with Crippen molar-refractivity contribution in [1.82, 2.24) is 10.2 Å². The first-order chi connectivity index (χ1) is 9.58. The zero-order chi connectivity index (χ0) is 14.5. The molecule has 0 aliphatic carbocycles. The van der Waals surface area contributed by atoms with Crippen molar-refractivity contribution in [3.05, 3.63) is 0 Å². The monoisotopic (exact) mass is 286 g/mol. The number of β-amino-alcohol motifs (C(OH)–C–C–N with tert-alkyl or cyclic N) is 1. The molecule has 3 N–H and O–H groups in total. The normalized spacial score (nSPS) is 27.8. The maximum atomic E-state index is 12.0. The van der Waals surface area contributed by atoms with E-state index < -0.39 is 18.1 Å². The van der Waals surface area contributed by atoms with E-state index in [1.807, 2.05) is 0 Å². The summed E-state index contributed by atoms with van der Waals surface area (Å²) >= 11 is 0. The standard InChI is InChI=1S/C13H22N2O5/c16-9-7-11(13(18)19)15(8-9)12(17)3-6-20-10-1-4-14-5-2-10/h9-11,14,16H,1-8H2,(H,18,19)/t9-,11-/m0/s1. The molecular formula is C13H22N2O5. The van der Waals surface area contributed by atoms with Gasteiger partial charge in [-0.05, 0) is 25.9 Å². The molecule has 0 saturated carbocycles. The molecule has 7 heteroatoms. The van der Waals surface area contributed by atoms with E-state index in [4.69, 9.17) is 9.84 Å². The Bertz CT molecular complexity index is 357. The number of carbonyl (C=O) groups excluding carboxylic acids is 1. The number of amides is 1. The van der Waals surface area contributed by atoms with Crippen LogP contribution in [0.4, 0.5) is 0 Å². The van der Waals surface area contributed by atoms with Gasteiger partial charge in [0.1, 0.15) is 6.04 Å². The molecule has 2 fully saturated rings. The van der Waals surface area contributed by atoms with E-state index in [0.717, 1.165) is 25.9 Å². The minimum Gasteiger partial charge on any atom is -0.480 e. The highest BCUT2D eigenvalue weighted by Crippen LogP contribution is 2.19. The third kappa shape index (κ3) is 3.91. The predicted octanol–water partition coefficient (Wildman–Crippen LogP) is -0.808. The molecule has 114 valence electrons. The highest BCUT2D eigenvalue weighted by molar-refractivity contribution is 5.84. The van der Waals surface area contributed by atoms with Crippen molar-refractivity contribution in [3.63, 3.8) is 0 Å². The lowest BCUT2D eigenvalue weighted by Gasteiger charge is -2.24. The molecular weight excluding hydrogens is 264 g/mol. The molecule has 0 unspecified atom stereocenters. The van der Waals surface area contributed by atoms with Crippen LogP contribution in [0, 0.1) is 0 Å². The van der Waals surface area contributed by atoms with E-state index in [0.29, 0.717) is 6.61 Å². The predicted molar refractivity (Wildman–Crippen MR) is 70.2 cm³/mol. The smallest absolute Gasteiger partial charge is 0.326 e. The lowest BCUT2D eigenvalue weighted by molar-refractivity contribution is -0.148. The molecule has 2 atom stereocenters. The van der Waals surface area contributed by atoms with Crippen LogP contribution in [0.25, 0.3) is 0 Å². The fourth-order valence-electron chi connectivity index (χ4n) is 2.74. The molecule has 0 bridgehead atoms. The molecule has 0 aromatic heterocycles. The highest BCUT2D eigenvalue weighted by Gasteiger charge is 2.38. The number of hydrogen-bond acceptors (Lipinski definition) is 5. The maximum absolute atomic E-state index is 12.0. The molecule has 7 nitrogen and oxygen atoms in total. The SMILES string of the molecule is O=C(O)[C@@H]1C[C@H](O)CN1C(=O)CCOC1CCNCC1. The number of piperidine rings is 1. The fourth-order valence-corrected chi connectivity index (χ4v) is 2.74. The summed E-state index contributed by atoms with van der Waals surface area (Å²) in [7, 11) is 0. The van der Waals surface area contributed by atoms with E-state index in [2.05, 4.69) is 5.32 Å². The van der Waals surface area contributed by atoms with E-state index in [-0.39, 0.29) is 31.4 Å². The summed E-state index contributed by atoms with van der Waals surface area (Å²) in [6.45, 7) is 2.27. The summed E-state index contributed by atoms with van der Waals surface area (Å²) in [5.74, 6) is -1.32. The first kappa shape index (κ1) is 15.2. The first-order valence-electron chi connectivity index (χ1n) is 7.10. The largest absolute Gasteiger partial charge is 0.480 e. The number of carbonyl (C=O) groups is 2. The summed E-state index contributed by atoms with van der Waals surface area (Å²) in [5.41, 5.74) is 0. The number of aliphatic hydroxyl groups excluding tert-OH is 1. The Labute approximate surface area is 117 Å². The quantitative estimate of drug-likeness (QED) is 0.611. The minimum atomic E-state index is -1.06. The number of rotatable bonds is 5. The molecule has 20 heavy (non-hydrogen) atoms. The Morgan fingerprint density at radius 1 is 1.30 bits per heavy atom. The molecule has 0 aromatic carbocycles. The molecule has 2 heterocycles. The van der Waals surface area contributed by atoms with Crippen molar-refractivity contribution in [3.8, 4) is 0 Å². The molecule has 0 radical (unpaired) electrons. The number of carboxylic acid groups (broad SMARTS) is 1. The molecule has 2 rings (SSSR count). The number of aliphatic hydroxyl groups is 1. The van der Waals surface area contributed by atoms with Crippen LogP contribution in [0.5, 0.6) is 0 Å². The van der Waals surface area contributed by atoms with Crippen LogP contribution >= 0.6 is 0 Å². The van der Waals surface area contributed by atoms with Crippen LogP contribution in [0.15, 0.2) is 0 Å². The minimum absolute atomic E-state index is 0.100. The van der Waals surface area contributed by atoms with Crippen LogP contribution in [0.1, 0.15) is 25.7 Å². The number of aliphatic carboxylic acids is 1. The van der Waals surface area contributed by atoms with Gasteiger partial charge in [-0.2, -0.15) is 0 Å². The average molecular weight is 286 g/mol. The van der Waals surface area contributed by atoms with Crippen molar-refractivity contribution in [2.45, 2.75) is 43.9 Å². The zero-order valence-electron chi connectivity index (χ0n) is 11.5. The summed E-state index contributed by atoms with van der Waals surface area (Å²) in [5, 5.41) is 21.8. The van der Waals surface area contributed by atoms with Gasteiger partial charge in [0.2, 0.25) is 5.91 Å². The van der Waals surface area contributed by atoms with Gasteiger partial charge in [-0.1, -0.05) is 0 Å². The van der Waals surface area contributed by atoms with E-state index in [1.54, 1.807) is 0 Å². The summed E-state index contributed by atoms with van der Waals surface area (Å²) in [4.78, 5) is 24.3. The van der Waals surface area contributed by atoms with Crippen molar-refractivity contribution in [1.29, 1.82) is 0 Å². The van der Waals surface area contributed by atoms with Gasteiger partial charge in [0.25, 0.3) is 0 Å². The van der Waals surface area contributed by atoms with E-state index in [1.165, 1.54) is 4.90 Å². The van der Waals surface area contributed by atoms with Crippen LogP contribution in [0.3, 0.4) is 0 Å². The second kappa shape index (κ2) is 7.01.